The molecule has 0 saturated heterocycles. The van der Waals surface area contributed by atoms with Crippen molar-refractivity contribution in [3.63, 3.8) is 0 Å². The van der Waals surface area contributed by atoms with Gasteiger partial charge in [-0.05, 0) is 17.5 Å². The van der Waals surface area contributed by atoms with Crippen molar-refractivity contribution >= 4 is 5.96 Å². The summed E-state index contributed by atoms with van der Waals surface area (Å²) in [6.07, 6.45) is 0.956. The molecule has 1 unspecified atom stereocenters. The van der Waals surface area contributed by atoms with Crippen LogP contribution in [0.15, 0.2) is 29.3 Å². The minimum atomic E-state index is -0.0788. The first-order chi connectivity index (χ1) is 6.77. The molecule has 1 heterocycles. The van der Waals surface area contributed by atoms with Gasteiger partial charge in [0.1, 0.15) is 6.17 Å². The summed E-state index contributed by atoms with van der Waals surface area (Å²) in [5.74, 6) is 0.124. The van der Waals surface area contributed by atoms with Crippen LogP contribution >= 0.6 is 0 Å². The first-order valence-corrected chi connectivity index (χ1v) is 4.67. The molecule has 1 aromatic carbocycles. The third-order valence-electron chi connectivity index (χ3n) is 2.36. The van der Waals surface area contributed by atoms with E-state index in [1.165, 1.54) is 11.1 Å². The molecule has 5 N–H and O–H groups in total. The number of nitrogens with zero attached hydrogens (tertiary/aromatic N) is 1. The number of hydrogen-bond donors (Lipinski definition) is 3. The number of nitrogens with two attached hydrogens (primary N) is 2. The van der Waals surface area contributed by atoms with Gasteiger partial charge in [0.15, 0.2) is 5.96 Å². The molecule has 1 aliphatic heterocycles. The molecule has 74 valence electrons. The van der Waals surface area contributed by atoms with E-state index in [4.69, 9.17) is 11.5 Å². The molecule has 1 aliphatic rings. The molecule has 0 bridgehead atoms. The van der Waals surface area contributed by atoms with Crippen LogP contribution in [0.4, 0.5) is 0 Å². The SMILES string of the molecule is NC(N)=NC1NCCc2ccccc21. The summed E-state index contributed by atoms with van der Waals surface area (Å²) in [4.78, 5) is 4.14. The Balaban J connectivity index is 2.35. The lowest BCUT2D eigenvalue weighted by molar-refractivity contribution is 0.522. The Labute approximate surface area is 83.0 Å². The van der Waals surface area contributed by atoms with E-state index in [0.717, 1.165) is 13.0 Å². The number of fused-ring (bicyclic) bond motifs is 1. The van der Waals surface area contributed by atoms with Crippen LogP contribution in [0.25, 0.3) is 0 Å². The highest BCUT2D eigenvalue weighted by Crippen LogP contribution is 2.22. The third kappa shape index (κ3) is 1.70. The standard InChI is InChI=1S/C10H14N4/c11-10(12)14-9-8-4-2-1-3-7(8)5-6-13-9/h1-4,9,13H,5-6H2,(H4,11,12,14). The first kappa shape index (κ1) is 9.02. The number of benzene rings is 1. The van der Waals surface area contributed by atoms with Gasteiger partial charge in [0.2, 0.25) is 0 Å². The lowest BCUT2D eigenvalue weighted by Crippen LogP contribution is -2.32. The fourth-order valence-electron chi connectivity index (χ4n) is 1.75. The molecule has 14 heavy (non-hydrogen) atoms. The summed E-state index contributed by atoms with van der Waals surface area (Å²) < 4.78 is 0. The largest absolute Gasteiger partial charge is 0.370 e. The molecule has 1 atom stereocenters. The minimum absolute atomic E-state index is 0.0788. The van der Waals surface area contributed by atoms with Crippen molar-refractivity contribution in [3.8, 4) is 0 Å². The molecule has 0 amide bonds. The summed E-state index contributed by atoms with van der Waals surface area (Å²) in [7, 11) is 0. The van der Waals surface area contributed by atoms with Gasteiger partial charge in [-0.25, -0.2) is 4.99 Å². The number of aliphatic imine (C=N–C) groups is 1. The molecule has 0 aliphatic carbocycles. The minimum Gasteiger partial charge on any atom is -0.370 e. The van der Waals surface area contributed by atoms with E-state index in [2.05, 4.69) is 22.4 Å². The lowest BCUT2D eigenvalue weighted by Gasteiger charge is -2.23. The fraction of sp³-hybridized carbons (Fsp3) is 0.300. The van der Waals surface area contributed by atoms with Crippen molar-refractivity contribution in [1.29, 1.82) is 0 Å². The van der Waals surface area contributed by atoms with Crippen molar-refractivity contribution in [2.45, 2.75) is 12.6 Å². The molecule has 0 radical (unpaired) electrons. The summed E-state index contributed by atoms with van der Waals surface area (Å²) in [6, 6.07) is 8.21. The van der Waals surface area contributed by atoms with Gasteiger partial charge in [-0.3, -0.25) is 5.32 Å². The van der Waals surface area contributed by atoms with Gasteiger partial charge in [0.25, 0.3) is 0 Å². The number of guanidine groups is 1. The maximum Gasteiger partial charge on any atom is 0.187 e. The van der Waals surface area contributed by atoms with E-state index in [1.54, 1.807) is 0 Å². The molecule has 0 spiro atoms. The van der Waals surface area contributed by atoms with Crippen molar-refractivity contribution < 1.29 is 0 Å². The van der Waals surface area contributed by atoms with Gasteiger partial charge in [-0.2, -0.15) is 0 Å². The maximum absolute atomic E-state index is 5.37. The van der Waals surface area contributed by atoms with E-state index < -0.39 is 0 Å². The zero-order valence-electron chi connectivity index (χ0n) is 7.90. The number of rotatable bonds is 1. The second kappa shape index (κ2) is 3.67. The van der Waals surface area contributed by atoms with Crippen molar-refractivity contribution in [2.75, 3.05) is 6.54 Å². The monoisotopic (exact) mass is 190 g/mol. The van der Waals surface area contributed by atoms with Crippen LogP contribution < -0.4 is 16.8 Å². The predicted molar refractivity (Wildman–Crippen MR) is 56.7 cm³/mol. The highest BCUT2D eigenvalue weighted by atomic mass is 15.1. The average molecular weight is 190 g/mol. The van der Waals surface area contributed by atoms with Gasteiger partial charge in [-0.1, -0.05) is 24.3 Å². The van der Waals surface area contributed by atoms with Crippen LogP contribution in [-0.4, -0.2) is 12.5 Å². The molecule has 0 saturated carbocycles. The molecule has 4 nitrogen and oxygen atoms in total. The van der Waals surface area contributed by atoms with Gasteiger partial charge in [0, 0.05) is 6.54 Å². The topological polar surface area (TPSA) is 76.4 Å². The Morgan fingerprint density at radius 1 is 1.36 bits per heavy atom. The molecule has 4 heteroatoms. The Hall–Kier alpha value is -1.55. The van der Waals surface area contributed by atoms with Crippen molar-refractivity contribution in [1.82, 2.24) is 5.32 Å². The van der Waals surface area contributed by atoms with Crippen LogP contribution in [0.5, 0.6) is 0 Å². The molecular formula is C10H14N4. The van der Waals surface area contributed by atoms with E-state index in [1.807, 2.05) is 12.1 Å². The van der Waals surface area contributed by atoms with E-state index in [0.29, 0.717) is 0 Å². The number of nitrogens with one attached hydrogen (secondary N) is 1. The quantitative estimate of drug-likeness (QED) is 0.434. The van der Waals surface area contributed by atoms with Gasteiger partial charge in [-0.15, -0.1) is 0 Å². The second-order valence-corrected chi connectivity index (χ2v) is 3.36. The summed E-state index contributed by atoms with van der Waals surface area (Å²) >= 11 is 0. The van der Waals surface area contributed by atoms with E-state index in [9.17, 15) is 0 Å². The Morgan fingerprint density at radius 3 is 2.93 bits per heavy atom. The van der Waals surface area contributed by atoms with Crippen LogP contribution in [0.3, 0.4) is 0 Å². The van der Waals surface area contributed by atoms with Gasteiger partial charge < -0.3 is 11.5 Å². The molecule has 0 fully saturated rings. The predicted octanol–water partition coefficient (Wildman–Crippen LogP) is 0.104. The van der Waals surface area contributed by atoms with Crippen LogP contribution in [-0.2, 0) is 6.42 Å². The van der Waals surface area contributed by atoms with Crippen LogP contribution in [0.1, 0.15) is 17.3 Å². The summed E-state index contributed by atoms with van der Waals surface area (Å²) in [5.41, 5.74) is 13.2. The van der Waals surface area contributed by atoms with Crippen LogP contribution in [0, 0.1) is 0 Å². The van der Waals surface area contributed by atoms with Crippen LogP contribution in [0.2, 0.25) is 0 Å². The zero-order chi connectivity index (χ0) is 9.97. The highest BCUT2D eigenvalue weighted by Gasteiger charge is 2.17. The average Bonchev–Trinajstić information content (AvgIpc) is 2.18. The van der Waals surface area contributed by atoms with Crippen molar-refractivity contribution in [3.05, 3.63) is 35.4 Å². The Bertz CT molecular complexity index is 355. The lowest BCUT2D eigenvalue weighted by atomic mass is 9.99. The Kier molecular flexibility index (Phi) is 2.37. The first-order valence-electron chi connectivity index (χ1n) is 4.67. The zero-order valence-corrected chi connectivity index (χ0v) is 7.90. The highest BCUT2D eigenvalue weighted by molar-refractivity contribution is 5.76. The van der Waals surface area contributed by atoms with E-state index in [-0.39, 0.29) is 12.1 Å². The van der Waals surface area contributed by atoms with Crippen molar-refractivity contribution in [2.24, 2.45) is 16.5 Å². The maximum atomic E-state index is 5.37. The summed E-state index contributed by atoms with van der Waals surface area (Å²) in [6.45, 7) is 0.915. The molecular weight excluding hydrogens is 176 g/mol. The molecule has 0 aromatic heterocycles. The smallest absolute Gasteiger partial charge is 0.187 e. The fourth-order valence-corrected chi connectivity index (χ4v) is 1.75. The normalized spacial score (nSPS) is 19.9. The summed E-state index contributed by atoms with van der Waals surface area (Å²) in [5, 5.41) is 3.26. The van der Waals surface area contributed by atoms with Gasteiger partial charge in [0.05, 0.1) is 0 Å². The number of hydrogen-bond acceptors (Lipinski definition) is 2. The second-order valence-electron chi connectivity index (χ2n) is 3.36. The molecule has 2 rings (SSSR count). The van der Waals surface area contributed by atoms with E-state index >= 15 is 0 Å². The molecule has 1 aromatic rings. The van der Waals surface area contributed by atoms with Gasteiger partial charge >= 0.3 is 0 Å². The third-order valence-corrected chi connectivity index (χ3v) is 2.36. The Morgan fingerprint density at radius 2 is 2.14 bits per heavy atom.